The lowest BCUT2D eigenvalue weighted by atomic mass is 9.95. The first-order chi connectivity index (χ1) is 18.2. The van der Waals surface area contributed by atoms with Crippen molar-refractivity contribution < 1.29 is 24.2 Å². The van der Waals surface area contributed by atoms with Crippen LogP contribution in [0.15, 0.2) is 42.5 Å². The van der Waals surface area contributed by atoms with Gasteiger partial charge < -0.3 is 25.4 Å². The van der Waals surface area contributed by atoms with E-state index in [1.165, 1.54) is 17.0 Å². The van der Waals surface area contributed by atoms with Gasteiger partial charge in [-0.2, -0.15) is 0 Å². The molecule has 2 aromatic carbocycles. The monoisotopic (exact) mass is 539 g/mol. The second-order valence-electron chi connectivity index (χ2n) is 11.2. The lowest BCUT2D eigenvalue weighted by Crippen LogP contribution is -2.54. The van der Waals surface area contributed by atoms with Gasteiger partial charge in [-0.25, -0.2) is 4.79 Å². The van der Waals surface area contributed by atoms with Gasteiger partial charge in [0.05, 0.1) is 0 Å². The Balaban J connectivity index is 2.52. The van der Waals surface area contributed by atoms with Gasteiger partial charge >= 0.3 is 6.09 Å². The summed E-state index contributed by atoms with van der Waals surface area (Å²) >= 11 is 0. The lowest BCUT2D eigenvalue weighted by Gasteiger charge is -2.35. The van der Waals surface area contributed by atoms with E-state index in [-0.39, 0.29) is 30.7 Å². The summed E-state index contributed by atoms with van der Waals surface area (Å²) in [5, 5.41) is 15.5. The summed E-state index contributed by atoms with van der Waals surface area (Å²) in [5.74, 6) is -0.567. The number of carbonyl (C=O) groups excluding carboxylic acids is 3. The predicted molar refractivity (Wildman–Crippen MR) is 154 cm³/mol. The van der Waals surface area contributed by atoms with Crippen LogP contribution in [0.4, 0.5) is 4.79 Å². The molecule has 0 saturated heterocycles. The smallest absolute Gasteiger partial charge is 0.408 e. The number of hydrogen-bond acceptors (Lipinski definition) is 5. The molecule has 0 aromatic heterocycles. The fourth-order valence-electron chi connectivity index (χ4n) is 4.59. The van der Waals surface area contributed by atoms with Crippen LogP contribution in [0.2, 0.25) is 0 Å². The number of phenolic OH excluding ortho intramolecular Hbond substituents is 1. The van der Waals surface area contributed by atoms with Gasteiger partial charge in [-0.05, 0) is 83.7 Å². The quantitative estimate of drug-likeness (QED) is 0.357. The standard InChI is InChI=1S/C31H45N3O5/c1-9-11-22(5)32-28(36)27(25-17-12-20(3)18-21(25)4)34(10-2)29(37)26(33-30(38)39-31(6,7)8)19-23-13-15-24(35)16-14-23/h12-18,22,26-27,35H,9-11,19H2,1-8H3,(H,32,36)(H,33,38). The number of nitrogens with zero attached hydrogens (tertiary/aromatic N) is 1. The Labute approximate surface area is 233 Å². The zero-order valence-corrected chi connectivity index (χ0v) is 24.6. The number of benzene rings is 2. The highest BCUT2D eigenvalue weighted by atomic mass is 16.6. The highest BCUT2D eigenvalue weighted by molar-refractivity contribution is 5.92. The van der Waals surface area contributed by atoms with Gasteiger partial charge in [-0.1, -0.05) is 49.2 Å². The highest BCUT2D eigenvalue weighted by Gasteiger charge is 2.36. The van der Waals surface area contributed by atoms with Crippen LogP contribution in [-0.2, 0) is 20.7 Å². The van der Waals surface area contributed by atoms with E-state index >= 15 is 0 Å². The summed E-state index contributed by atoms with van der Waals surface area (Å²) in [6.07, 6.45) is 1.16. The SMILES string of the molecule is CCCC(C)NC(=O)C(c1ccc(C)cc1C)N(CC)C(=O)C(Cc1ccc(O)cc1)NC(=O)OC(C)(C)C. The van der Waals surface area contributed by atoms with Crippen LogP contribution in [-0.4, -0.2) is 52.1 Å². The molecule has 0 radical (unpaired) electrons. The molecule has 3 unspecified atom stereocenters. The molecule has 0 fully saturated rings. The molecule has 2 rings (SSSR count). The summed E-state index contributed by atoms with van der Waals surface area (Å²) in [4.78, 5) is 42.2. The molecule has 0 saturated carbocycles. The number of amides is 3. The first-order valence-corrected chi connectivity index (χ1v) is 13.7. The second kappa shape index (κ2) is 14.0. The number of aryl methyl sites for hydroxylation is 2. The number of rotatable bonds is 11. The van der Waals surface area contributed by atoms with Crippen molar-refractivity contribution in [3.8, 4) is 5.75 Å². The Bertz CT molecular complexity index is 1120. The van der Waals surface area contributed by atoms with Crippen molar-refractivity contribution in [1.29, 1.82) is 0 Å². The molecule has 0 aliphatic heterocycles. The van der Waals surface area contributed by atoms with Crippen LogP contribution in [0.25, 0.3) is 0 Å². The number of hydrogen-bond donors (Lipinski definition) is 3. The predicted octanol–water partition coefficient (Wildman–Crippen LogP) is 5.34. The minimum atomic E-state index is -1.00. The van der Waals surface area contributed by atoms with Crippen molar-refractivity contribution in [1.82, 2.24) is 15.5 Å². The van der Waals surface area contributed by atoms with E-state index in [4.69, 9.17) is 4.74 Å². The Morgan fingerprint density at radius 2 is 1.64 bits per heavy atom. The molecule has 3 atom stereocenters. The van der Waals surface area contributed by atoms with Crippen molar-refractivity contribution in [2.45, 2.75) is 98.4 Å². The summed E-state index contributed by atoms with van der Waals surface area (Å²) in [6.45, 7) is 15.2. The van der Waals surface area contributed by atoms with Crippen molar-refractivity contribution >= 4 is 17.9 Å². The summed E-state index contributed by atoms with van der Waals surface area (Å²) < 4.78 is 5.45. The van der Waals surface area contributed by atoms with E-state index in [0.29, 0.717) is 0 Å². The van der Waals surface area contributed by atoms with E-state index < -0.39 is 29.7 Å². The van der Waals surface area contributed by atoms with Crippen LogP contribution < -0.4 is 10.6 Å². The number of nitrogens with one attached hydrogen (secondary N) is 2. The average Bonchev–Trinajstić information content (AvgIpc) is 2.82. The summed E-state index contributed by atoms with van der Waals surface area (Å²) in [7, 11) is 0. The van der Waals surface area contributed by atoms with Crippen LogP contribution in [0.1, 0.15) is 82.7 Å². The largest absolute Gasteiger partial charge is 0.508 e. The topological polar surface area (TPSA) is 108 Å². The molecule has 3 N–H and O–H groups in total. The number of phenols is 1. The molecule has 214 valence electrons. The molecule has 0 heterocycles. The first-order valence-electron chi connectivity index (χ1n) is 13.7. The Morgan fingerprint density at radius 3 is 2.18 bits per heavy atom. The van der Waals surface area contributed by atoms with Crippen LogP contribution in [0.5, 0.6) is 5.75 Å². The van der Waals surface area contributed by atoms with Crippen LogP contribution >= 0.6 is 0 Å². The fraction of sp³-hybridized carbons (Fsp3) is 0.516. The van der Waals surface area contributed by atoms with Gasteiger partial charge in [0, 0.05) is 19.0 Å². The van der Waals surface area contributed by atoms with Gasteiger partial charge in [-0.15, -0.1) is 0 Å². The van der Waals surface area contributed by atoms with E-state index in [1.54, 1.807) is 32.9 Å². The van der Waals surface area contributed by atoms with E-state index in [2.05, 4.69) is 17.6 Å². The molecular formula is C31H45N3O5. The maximum Gasteiger partial charge on any atom is 0.408 e. The molecular weight excluding hydrogens is 494 g/mol. The van der Waals surface area contributed by atoms with E-state index in [9.17, 15) is 19.5 Å². The molecule has 0 spiro atoms. The number of aromatic hydroxyl groups is 1. The molecule has 8 nitrogen and oxygen atoms in total. The number of carbonyl (C=O) groups is 3. The Kier molecular flexibility index (Phi) is 11.4. The maximum atomic E-state index is 14.2. The van der Waals surface area contributed by atoms with Gasteiger partial charge in [-0.3, -0.25) is 9.59 Å². The maximum absolute atomic E-state index is 14.2. The van der Waals surface area contributed by atoms with E-state index in [0.717, 1.165) is 35.1 Å². The zero-order valence-electron chi connectivity index (χ0n) is 24.6. The van der Waals surface area contributed by atoms with Crippen molar-refractivity contribution in [3.05, 3.63) is 64.7 Å². The third-order valence-electron chi connectivity index (χ3n) is 6.38. The lowest BCUT2D eigenvalue weighted by molar-refractivity contribution is -0.142. The Morgan fingerprint density at radius 1 is 1.00 bits per heavy atom. The number of likely N-dealkylation sites (N-methyl/N-ethyl adjacent to an activating group) is 1. The Hall–Kier alpha value is -3.55. The van der Waals surface area contributed by atoms with Crippen molar-refractivity contribution in [2.24, 2.45) is 0 Å². The molecule has 0 aliphatic rings. The zero-order chi connectivity index (χ0) is 29.3. The molecule has 0 aliphatic carbocycles. The molecule has 2 aromatic rings. The van der Waals surface area contributed by atoms with Crippen molar-refractivity contribution in [2.75, 3.05) is 6.54 Å². The van der Waals surface area contributed by atoms with Crippen molar-refractivity contribution in [3.63, 3.8) is 0 Å². The highest BCUT2D eigenvalue weighted by Crippen LogP contribution is 2.27. The molecule has 8 heteroatoms. The van der Waals surface area contributed by atoms with E-state index in [1.807, 2.05) is 45.9 Å². The van der Waals surface area contributed by atoms with Gasteiger partial charge in [0.2, 0.25) is 11.8 Å². The molecule has 39 heavy (non-hydrogen) atoms. The minimum absolute atomic E-state index is 0.0581. The third-order valence-corrected chi connectivity index (χ3v) is 6.38. The minimum Gasteiger partial charge on any atom is -0.508 e. The molecule has 0 bridgehead atoms. The van der Waals surface area contributed by atoms with Gasteiger partial charge in [0.15, 0.2) is 0 Å². The number of ether oxygens (including phenoxy) is 1. The fourth-order valence-corrected chi connectivity index (χ4v) is 4.59. The number of alkyl carbamates (subject to hydrolysis) is 1. The van der Waals surface area contributed by atoms with Gasteiger partial charge in [0.1, 0.15) is 23.4 Å². The average molecular weight is 540 g/mol. The second-order valence-corrected chi connectivity index (χ2v) is 11.2. The molecule has 3 amide bonds. The van der Waals surface area contributed by atoms with Crippen LogP contribution in [0, 0.1) is 13.8 Å². The summed E-state index contributed by atoms with van der Waals surface area (Å²) in [5.41, 5.74) is 2.68. The normalized spacial score (nSPS) is 13.6. The summed E-state index contributed by atoms with van der Waals surface area (Å²) in [6, 6.07) is 10.3. The third kappa shape index (κ3) is 9.61. The van der Waals surface area contributed by atoms with Gasteiger partial charge in [0.25, 0.3) is 0 Å². The van der Waals surface area contributed by atoms with Crippen LogP contribution in [0.3, 0.4) is 0 Å². The first kappa shape index (κ1) is 31.7.